The molecule has 1 aliphatic rings. The van der Waals surface area contributed by atoms with Gasteiger partial charge >= 0.3 is 0 Å². The number of aryl methyl sites for hydroxylation is 1. The molecule has 4 nitrogen and oxygen atoms in total. The first kappa shape index (κ1) is 24.8. The average Bonchev–Trinajstić information content (AvgIpc) is 3.21. The Morgan fingerprint density at radius 1 is 0.938 bits per heavy atom. The molecule has 5 heteroatoms. The highest BCUT2D eigenvalue weighted by Gasteiger charge is 2.28. The van der Waals surface area contributed by atoms with Crippen LogP contribution in [-0.2, 0) is 17.9 Å². The maximum absolute atomic E-state index is 12.5. The van der Waals surface area contributed by atoms with Crippen molar-refractivity contribution in [2.75, 3.05) is 4.90 Å². The van der Waals surface area contributed by atoms with Crippen molar-refractivity contribution < 1.29 is 4.79 Å². The van der Waals surface area contributed by atoms with E-state index in [1.54, 1.807) is 0 Å². The molecular weight excluding hydrogens is 418 g/mol. The van der Waals surface area contributed by atoms with Gasteiger partial charge in [0.25, 0.3) is 0 Å². The maximum atomic E-state index is 12.5. The largest absolute Gasteiger partial charge is 0.307 e. The minimum atomic E-state index is 0.132. The second kappa shape index (κ2) is 13.0. The SMILES string of the molecule is CCCCCCCCCCCCCCn1ncc2c1-c1cc(Cl)ccc1N(C(=O)CC)C2. The highest BCUT2D eigenvalue weighted by molar-refractivity contribution is 6.31. The molecule has 0 spiro atoms. The zero-order chi connectivity index (χ0) is 22.8. The van der Waals surface area contributed by atoms with Crippen molar-refractivity contribution in [3.05, 3.63) is 35.0 Å². The van der Waals surface area contributed by atoms with E-state index in [0.29, 0.717) is 18.0 Å². The molecule has 0 unspecified atom stereocenters. The van der Waals surface area contributed by atoms with Crippen LogP contribution in [0.3, 0.4) is 0 Å². The molecule has 0 N–H and O–H groups in total. The molecular formula is C27H40ClN3O. The summed E-state index contributed by atoms with van der Waals surface area (Å²) >= 11 is 6.32. The molecule has 176 valence electrons. The summed E-state index contributed by atoms with van der Waals surface area (Å²) in [6.45, 7) is 5.69. The Kier molecular flexibility index (Phi) is 10.1. The van der Waals surface area contributed by atoms with Crippen LogP contribution in [0.1, 0.15) is 103 Å². The third-order valence-electron chi connectivity index (χ3n) is 6.58. The van der Waals surface area contributed by atoms with Crippen molar-refractivity contribution in [2.24, 2.45) is 0 Å². The quantitative estimate of drug-likeness (QED) is 0.268. The van der Waals surface area contributed by atoms with Crippen molar-refractivity contribution >= 4 is 23.2 Å². The molecule has 0 saturated carbocycles. The second-order valence-corrected chi connectivity index (χ2v) is 9.56. The number of nitrogens with zero attached hydrogens (tertiary/aromatic N) is 3. The summed E-state index contributed by atoms with van der Waals surface area (Å²) in [6, 6.07) is 5.81. The van der Waals surface area contributed by atoms with Gasteiger partial charge in [-0.1, -0.05) is 96.1 Å². The van der Waals surface area contributed by atoms with Crippen LogP contribution < -0.4 is 4.90 Å². The van der Waals surface area contributed by atoms with E-state index in [4.69, 9.17) is 11.6 Å². The van der Waals surface area contributed by atoms with E-state index < -0.39 is 0 Å². The van der Waals surface area contributed by atoms with Gasteiger partial charge in [0.1, 0.15) is 0 Å². The van der Waals surface area contributed by atoms with Gasteiger partial charge in [-0.25, -0.2) is 0 Å². The smallest absolute Gasteiger partial charge is 0.227 e. The highest BCUT2D eigenvalue weighted by atomic mass is 35.5. The lowest BCUT2D eigenvalue weighted by Crippen LogP contribution is -2.32. The van der Waals surface area contributed by atoms with Crippen molar-refractivity contribution in [2.45, 2.75) is 110 Å². The third kappa shape index (κ3) is 6.60. The van der Waals surface area contributed by atoms with Crippen molar-refractivity contribution in [3.8, 4) is 11.3 Å². The standard InChI is InChI=1S/C27H40ClN3O/c1-3-5-6-7-8-9-10-11-12-13-14-15-18-31-27-22(20-29-31)21-30(26(32)4-2)25-17-16-23(28)19-24(25)27/h16-17,19-20H,3-15,18,21H2,1-2H3. The lowest BCUT2D eigenvalue weighted by Gasteiger charge is -2.30. The number of hydrogen-bond acceptors (Lipinski definition) is 2. The topological polar surface area (TPSA) is 38.1 Å². The molecule has 0 bridgehead atoms. The molecule has 2 aromatic rings. The van der Waals surface area contributed by atoms with Crippen LogP contribution in [-0.4, -0.2) is 15.7 Å². The summed E-state index contributed by atoms with van der Waals surface area (Å²) < 4.78 is 2.12. The summed E-state index contributed by atoms with van der Waals surface area (Å²) in [6.07, 6.45) is 18.6. The number of amides is 1. The minimum absolute atomic E-state index is 0.132. The van der Waals surface area contributed by atoms with Crippen LogP contribution in [0, 0.1) is 0 Å². The van der Waals surface area contributed by atoms with Crippen molar-refractivity contribution in [1.82, 2.24) is 9.78 Å². The summed E-state index contributed by atoms with van der Waals surface area (Å²) in [7, 11) is 0. The number of benzene rings is 1. The molecule has 0 atom stereocenters. The van der Waals surface area contributed by atoms with Gasteiger partial charge in [-0.3, -0.25) is 9.48 Å². The van der Waals surface area contributed by atoms with Crippen LogP contribution >= 0.6 is 11.6 Å². The van der Waals surface area contributed by atoms with Gasteiger partial charge in [0.05, 0.1) is 24.1 Å². The number of carbonyl (C=O) groups is 1. The summed E-state index contributed by atoms with van der Waals surface area (Å²) in [5.41, 5.74) is 4.22. The molecule has 2 heterocycles. The first-order chi connectivity index (χ1) is 15.7. The second-order valence-electron chi connectivity index (χ2n) is 9.13. The van der Waals surface area contributed by atoms with E-state index >= 15 is 0 Å². The van der Waals surface area contributed by atoms with Gasteiger partial charge in [0, 0.05) is 29.1 Å². The number of halogens is 1. The maximum Gasteiger partial charge on any atom is 0.227 e. The van der Waals surface area contributed by atoms with Gasteiger partial charge in [-0.05, 0) is 24.6 Å². The van der Waals surface area contributed by atoms with E-state index in [1.807, 2.05) is 36.2 Å². The zero-order valence-corrected chi connectivity index (χ0v) is 20.8. The molecule has 32 heavy (non-hydrogen) atoms. The number of unbranched alkanes of at least 4 members (excludes halogenated alkanes) is 11. The van der Waals surface area contributed by atoms with Crippen LogP contribution in [0.25, 0.3) is 11.3 Å². The fourth-order valence-electron chi connectivity index (χ4n) is 4.73. The van der Waals surface area contributed by atoms with Crippen LogP contribution in [0.5, 0.6) is 0 Å². The van der Waals surface area contributed by atoms with Crippen molar-refractivity contribution in [3.63, 3.8) is 0 Å². The molecule has 1 aliphatic heterocycles. The number of hydrogen-bond donors (Lipinski definition) is 0. The average molecular weight is 458 g/mol. The number of aromatic nitrogens is 2. The number of rotatable bonds is 14. The van der Waals surface area contributed by atoms with Crippen molar-refractivity contribution in [1.29, 1.82) is 0 Å². The molecule has 1 aromatic heterocycles. The fraction of sp³-hybridized carbons (Fsp3) is 0.630. The van der Waals surface area contributed by atoms with Crippen LogP contribution in [0.15, 0.2) is 24.4 Å². The predicted molar refractivity (Wildman–Crippen MR) is 135 cm³/mol. The number of fused-ring (bicyclic) bond motifs is 3. The molecule has 3 rings (SSSR count). The van der Waals surface area contributed by atoms with Crippen LogP contribution in [0.4, 0.5) is 5.69 Å². The molecule has 1 aromatic carbocycles. The van der Waals surface area contributed by atoms with E-state index in [9.17, 15) is 4.79 Å². The molecule has 0 saturated heterocycles. The normalized spacial score (nSPS) is 12.7. The molecule has 0 aliphatic carbocycles. The Bertz CT molecular complexity index is 861. The summed E-state index contributed by atoms with van der Waals surface area (Å²) in [5, 5.41) is 5.36. The Morgan fingerprint density at radius 3 is 2.19 bits per heavy atom. The van der Waals surface area contributed by atoms with E-state index in [2.05, 4.69) is 16.7 Å². The van der Waals surface area contributed by atoms with Gasteiger partial charge in [-0.15, -0.1) is 0 Å². The molecule has 0 fully saturated rings. The molecule has 1 amide bonds. The van der Waals surface area contributed by atoms with E-state index in [0.717, 1.165) is 35.5 Å². The Balaban J connectivity index is 1.45. The Morgan fingerprint density at radius 2 is 1.56 bits per heavy atom. The lowest BCUT2D eigenvalue weighted by molar-refractivity contribution is -0.118. The zero-order valence-electron chi connectivity index (χ0n) is 20.0. The minimum Gasteiger partial charge on any atom is -0.307 e. The molecule has 0 radical (unpaired) electrons. The van der Waals surface area contributed by atoms with E-state index in [1.165, 1.54) is 70.6 Å². The highest BCUT2D eigenvalue weighted by Crippen LogP contribution is 2.41. The Labute approximate surface area is 199 Å². The first-order valence-corrected chi connectivity index (χ1v) is 13.2. The lowest BCUT2D eigenvalue weighted by atomic mass is 9.99. The third-order valence-corrected chi connectivity index (χ3v) is 6.81. The van der Waals surface area contributed by atoms with Gasteiger partial charge < -0.3 is 4.90 Å². The predicted octanol–water partition coefficient (Wildman–Crippen LogP) is 8.16. The monoisotopic (exact) mass is 457 g/mol. The van der Waals surface area contributed by atoms with E-state index in [-0.39, 0.29) is 5.91 Å². The van der Waals surface area contributed by atoms with Crippen LogP contribution in [0.2, 0.25) is 5.02 Å². The summed E-state index contributed by atoms with van der Waals surface area (Å²) in [4.78, 5) is 14.4. The van der Waals surface area contributed by atoms with Gasteiger partial charge in [0.2, 0.25) is 5.91 Å². The summed E-state index contributed by atoms with van der Waals surface area (Å²) in [5.74, 6) is 0.132. The van der Waals surface area contributed by atoms with Gasteiger partial charge in [-0.2, -0.15) is 5.10 Å². The number of carbonyl (C=O) groups excluding carboxylic acids is 1. The van der Waals surface area contributed by atoms with Gasteiger partial charge in [0.15, 0.2) is 0 Å². The number of anilines is 1. The first-order valence-electron chi connectivity index (χ1n) is 12.8. The fourth-order valence-corrected chi connectivity index (χ4v) is 4.90. The Hall–Kier alpha value is -1.81.